The molecule has 0 saturated carbocycles. The van der Waals surface area contributed by atoms with Gasteiger partial charge in [0.2, 0.25) is 5.91 Å². The predicted molar refractivity (Wildman–Crippen MR) is 78.8 cm³/mol. The van der Waals surface area contributed by atoms with E-state index in [0.717, 1.165) is 13.1 Å². The van der Waals surface area contributed by atoms with Crippen molar-refractivity contribution in [1.82, 2.24) is 15.1 Å². The number of hydrogen-bond acceptors (Lipinski definition) is 5. The number of carbonyl (C=O) groups is 3. The Morgan fingerprint density at radius 2 is 1.73 bits per heavy atom. The van der Waals surface area contributed by atoms with Crippen molar-refractivity contribution in [2.45, 2.75) is 12.8 Å². The first-order chi connectivity index (χ1) is 10.6. The van der Waals surface area contributed by atoms with Gasteiger partial charge in [-0.15, -0.1) is 0 Å². The highest BCUT2D eigenvalue weighted by Crippen LogP contribution is 2.16. The number of hydrogen-bond donors (Lipinski definition) is 2. The number of likely N-dealkylation sites (tertiary alicyclic amines) is 1. The number of nitrogens with one attached hydrogen (secondary N) is 1. The van der Waals surface area contributed by atoms with Gasteiger partial charge >= 0.3 is 11.8 Å². The minimum atomic E-state index is -0.578. The van der Waals surface area contributed by atoms with Crippen LogP contribution < -0.4 is 11.1 Å². The lowest BCUT2D eigenvalue weighted by Crippen LogP contribution is -2.49. The normalized spacial score (nSPS) is 20.6. The van der Waals surface area contributed by atoms with E-state index in [2.05, 4.69) is 10.2 Å². The third-order valence-electron chi connectivity index (χ3n) is 4.20. The van der Waals surface area contributed by atoms with Crippen molar-refractivity contribution in [1.29, 1.82) is 0 Å². The van der Waals surface area contributed by atoms with Crippen molar-refractivity contribution >= 4 is 17.7 Å². The number of nitrogens with zero attached hydrogens (tertiary/aromatic N) is 2. The second-order valence-electron chi connectivity index (χ2n) is 5.68. The Bertz CT molecular complexity index is 415. The Morgan fingerprint density at radius 1 is 1.09 bits per heavy atom. The number of rotatable bonds is 4. The first-order valence-electron chi connectivity index (χ1n) is 7.74. The molecule has 0 radical (unpaired) electrons. The number of amides is 3. The zero-order chi connectivity index (χ0) is 15.9. The molecule has 0 aromatic carbocycles. The average molecular weight is 312 g/mol. The molecule has 124 valence electrons. The van der Waals surface area contributed by atoms with E-state index in [4.69, 9.17) is 10.5 Å². The smallest absolute Gasteiger partial charge is 0.311 e. The Hall–Kier alpha value is -1.67. The van der Waals surface area contributed by atoms with E-state index >= 15 is 0 Å². The van der Waals surface area contributed by atoms with Gasteiger partial charge < -0.3 is 20.7 Å². The van der Waals surface area contributed by atoms with Gasteiger partial charge in [0.1, 0.15) is 0 Å². The van der Waals surface area contributed by atoms with Crippen LogP contribution in [0.4, 0.5) is 0 Å². The van der Waals surface area contributed by atoms with E-state index in [-0.39, 0.29) is 11.8 Å². The van der Waals surface area contributed by atoms with Crippen molar-refractivity contribution in [3.8, 4) is 0 Å². The minimum absolute atomic E-state index is 0.187. The lowest BCUT2D eigenvalue weighted by molar-refractivity contribution is -0.147. The van der Waals surface area contributed by atoms with Crippen molar-refractivity contribution in [3.05, 3.63) is 0 Å². The maximum absolute atomic E-state index is 12.0. The molecular formula is C14H24N4O4. The van der Waals surface area contributed by atoms with Gasteiger partial charge in [-0.2, -0.15) is 0 Å². The van der Waals surface area contributed by atoms with E-state index in [0.29, 0.717) is 52.2 Å². The molecule has 0 unspecified atom stereocenters. The summed E-state index contributed by atoms with van der Waals surface area (Å²) in [6.45, 7) is 5.10. The highest BCUT2D eigenvalue weighted by Gasteiger charge is 2.28. The molecule has 3 amide bonds. The first-order valence-corrected chi connectivity index (χ1v) is 7.74. The van der Waals surface area contributed by atoms with Gasteiger partial charge in [0, 0.05) is 45.2 Å². The molecule has 3 N–H and O–H groups in total. The van der Waals surface area contributed by atoms with Crippen LogP contribution in [-0.2, 0) is 19.1 Å². The van der Waals surface area contributed by atoms with Crippen LogP contribution in [0.2, 0.25) is 0 Å². The number of morpholine rings is 1. The Labute approximate surface area is 129 Å². The molecule has 0 bridgehead atoms. The van der Waals surface area contributed by atoms with Crippen LogP contribution in [0.15, 0.2) is 0 Å². The summed E-state index contributed by atoms with van der Waals surface area (Å²) in [5, 5.41) is 2.66. The molecule has 22 heavy (non-hydrogen) atoms. The lowest BCUT2D eigenvalue weighted by atomic mass is 9.96. The van der Waals surface area contributed by atoms with Gasteiger partial charge in [0.05, 0.1) is 13.2 Å². The molecular weight excluding hydrogens is 288 g/mol. The van der Waals surface area contributed by atoms with Crippen LogP contribution >= 0.6 is 0 Å². The van der Waals surface area contributed by atoms with Gasteiger partial charge in [-0.05, 0) is 12.8 Å². The average Bonchev–Trinajstić information content (AvgIpc) is 2.55. The maximum Gasteiger partial charge on any atom is 0.311 e. The fraction of sp³-hybridized carbons (Fsp3) is 0.786. The molecule has 2 rings (SSSR count). The summed E-state index contributed by atoms with van der Waals surface area (Å²) in [5.74, 6) is -1.62. The molecule has 8 nitrogen and oxygen atoms in total. The van der Waals surface area contributed by atoms with E-state index in [1.54, 1.807) is 0 Å². The number of primary amides is 1. The summed E-state index contributed by atoms with van der Waals surface area (Å²) < 4.78 is 5.25. The van der Waals surface area contributed by atoms with Gasteiger partial charge in [-0.25, -0.2) is 0 Å². The van der Waals surface area contributed by atoms with Gasteiger partial charge in [-0.3, -0.25) is 19.3 Å². The minimum Gasteiger partial charge on any atom is -0.379 e. The number of piperidine rings is 1. The molecule has 8 heteroatoms. The second-order valence-corrected chi connectivity index (χ2v) is 5.68. The topological polar surface area (TPSA) is 105 Å². The van der Waals surface area contributed by atoms with Crippen LogP contribution in [0.3, 0.4) is 0 Å². The van der Waals surface area contributed by atoms with E-state index in [1.165, 1.54) is 4.90 Å². The van der Waals surface area contributed by atoms with Crippen molar-refractivity contribution in [2.75, 3.05) is 52.5 Å². The fourth-order valence-corrected chi connectivity index (χ4v) is 2.74. The second kappa shape index (κ2) is 8.09. The fourth-order valence-electron chi connectivity index (χ4n) is 2.74. The monoisotopic (exact) mass is 312 g/mol. The summed E-state index contributed by atoms with van der Waals surface area (Å²) in [6, 6.07) is 0. The van der Waals surface area contributed by atoms with E-state index < -0.39 is 11.8 Å². The van der Waals surface area contributed by atoms with Gasteiger partial charge in [-0.1, -0.05) is 0 Å². The molecule has 0 aromatic rings. The third-order valence-corrected chi connectivity index (χ3v) is 4.20. The molecule has 0 spiro atoms. The Morgan fingerprint density at radius 3 is 2.32 bits per heavy atom. The van der Waals surface area contributed by atoms with Gasteiger partial charge in [0.15, 0.2) is 0 Å². The number of carbonyl (C=O) groups excluding carboxylic acids is 3. The van der Waals surface area contributed by atoms with Crippen LogP contribution in [0, 0.1) is 5.92 Å². The predicted octanol–water partition coefficient (Wildman–Crippen LogP) is -1.84. The molecule has 2 aliphatic rings. The number of nitrogens with two attached hydrogens (primary N) is 1. The molecule has 2 aliphatic heterocycles. The molecule has 2 fully saturated rings. The maximum atomic E-state index is 12.0. The Kier molecular flexibility index (Phi) is 6.14. The molecule has 2 saturated heterocycles. The van der Waals surface area contributed by atoms with Crippen LogP contribution in [-0.4, -0.2) is 80.0 Å². The highest BCUT2D eigenvalue weighted by molar-refractivity contribution is 6.35. The molecule has 0 aliphatic carbocycles. The largest absolute Gasteiger partial charge is 0.379 e. The summed E-state index contributed by atoms with van der Waals surface area (Å²) in [7, 11) is 0. The quantitative estimate of drug-likeness (QED) is 0.594. The lowest BCUT2D eigenvalue weighted by Gasteiger charge is -2.30. The summed E-state index contributed by atoms with van der Waals surface area (Å²) in [4.78, 5) is 38.6. The van der Waals surface area contributed by atoms with Crippen LogP contribution in [0.5, 0.6) is 0 Å². The van der Waals surface area contributed by atoms with Crippen molar-refractivity contribution < 1.29 is 19.1 Å². The summed E-state index contributed by atoms with van der Waals surface area (Å²) >= 11 is 0. The standard InChI is InChI=1S/C14H24N4O4/c15-12(19)11-1-4-18(5-2-11)14(21)13(20)16-3-6-17-7-9-22-10-8-17/h11H,1-10H2,(H2,15,19)(H,16,20). The third kappa shape index (κ3) is 4.67. The molecule has 2 heterocycles. The Balaban J connectivity index is 1.66. The van der Waals surface area contributed by atoms with Crippen molar-refractivity contribution in [3.63, 3.8) is 0 Å². The van der Waals surface area contributed by atoms with Crippen molar-refractivity contribution in [2.24, 2.45) is 11.7 Å². The molecule has 0 atom stereocenters. The first kappa shape index (κ1) is 16.7. The highest BCUT2D eigenvalue weighted by atomic mass is 16.5. The molecule has 0 aromatic heterocycles. The van der Waals surface area contributed by atoms with Crippen LogP contribution in [0.1, 0.15) is 12.8 Å². The van der Waals surface area contributed by atoms with E-state index in [1.807, 2.05) is 0 Å². The summed E-state index contributed by atoms with van der Waals surface area (Å²) in [6.07, 6.45) is 1.06. The van der Waals surface area contributed by atoms with Gasteiger partial charge in [0.25, 0.3) is 0 Å². The summed E-state index contributed by atoms with van der Waals surface area (Å²) in [5.41, 5.74) is 5.25. The zero-order valence-corrected chi connectivity index (χ0v) is 12.8. The number of ether oxygens (including phenoxy) is 1. The zero-order valence-electron chi connectivity index (χ0n) is 12.8. The van der Waals surface area contributed by atoms with E-state index in [9.17, 15) is 14.4 Å². The van der Waals surface area contributed by atoms with Crippen LogP contribution in [0.25, 0.3) is 0 Å². The SMILES string of the molecule is NC(=O)C1CCN(C(=O)C(=O)NCCN2CCOCC2)CC1.